The maximum Gasteiger partial charge on any atom is 0.332 e. The Balaban J connectivity index is 2.31. The highest BCUT2D eigenvalue weighted by Crippen LogP contribution is 2.30. The van der Waals surface area contributed by atoms with Crippen molar-refractivity contribution < 1.29 is 4.92 Å². The standard InChI is InChI=1S/C11H16ClN5O2/c1-3-15-4-6-16(7-5-15)10-9(17(18)19)8(2)13-11(12)14-10/h3-7H2,1-2H3. The molecule has 1 aromatic heterocycles. The summed E-state index contributed by atoms with van der Waals surface area (Å²) in [5.74, 6) is 0.332. The molecule has 0 radical (unpaired) electrons. The minimum atomic E-state index is -0.437. The number of likely N-dealkylation sites (N-methyl/N-ethyl adjacent to an activating group) is 1. The Labute approximate surface area is 116 Å². The fourth-order valence-electron chi connectivity index (χ4n) is 2.23. The van der Waals surface area contributed by atoms with Crippen molar-refractivity contribution >= 4 is 23.1 Å². The molecular weight excluding hydrogens is 270 g/mol. The van der Waals surface area contributed by atoms with Crippen molar-refractivity contribution in [2.75, 3.05) is 37.6 Å². The Hall–Kier alpha value is -1.47. The lowest BCUT2D eigenvalue weighted by Gasteiger charge is -2.34. The molecule has 7 nitrogen and oxygen atoms in total. The van der Waals surface area contributed by atoms with Crippen LogP contribution in [0.4, 0.5) is 11.5 Å². The molecule has 0 amide bonds. The highest BCUT2D eigenvalue weighted by atomic mass is 35.5. The Morgan fingerprint density at radius 3 is 2.47 bits per heavy atom. The lowest BCUT2D eigenvalue weighted by atomic mass is 10.2. The van der Waals surface area contributed by atoms with E-state index in [9.17, 15) is 10.1 Å². The number of anilines is 1. The molecule has 0 aromatic carbocycles. The summed E-state index contributed by atoms with van der Waals surface area (Å²) >= 11 is 5.82. The van der Waals surface area contributed by atoms with Gasteiger partial charge in [-0.15, -0.1) is 0 Å². The Bertz CT molecular complexity index is 488. The van der Waals surface area contributed by atoms with Crippen molar-refractivity contribution in [3.8, 4) is 0 Å². The van der Waals surface area contributed by atoms with E-state index < -0.39 is 4.92 Å². The van der Waals surface area contributed by atoms with Crippen LogP contribution >= 0.6 is 11.6 Å². The van der Waals surface area contributed by atoms with E-state index in [4.69, 9.17) is 11.6 Å². The predicted molar refractivity (Wildman–Crippen MR) is 72.8 cm³/mol. The van der Waals surface area contributed by atoms with E-state index in [1.54, 1.807) is 6.92 Å². The molecule has 1 fully saturated rings. The van der Waals surface area contributed by atoms with Gasteiger partial charge in [-0.25, -0.2) is 4.98 Å². The highest BCUT2D eigenvalue weighted by molar-refractivity contribution is 6.28. The smallest absolute Gasteiger partial charge is 0.332 e. The molecule has 104 valence electrons. The topological polar surface area (TPSA) is 75.4 Å². The van der Waals surface area contributed by atoms with E-state index in [-0.39, 0.29) is 11.0 Å². The van der Waals surface area contributed by atoms with Crippen molar-refractivity contribution in [1.82, 2.24) is 14.9 Å². The maximum absolute atomic E-state index is 11.2. The maximum atomic E-state index is 11.2. The van der Waals surface area contributed by atoms with Crippen LogP contribution in [0.2, 0.25) is 5.28 Å². The number of hydrogen-bond donors (Lipinski definition) is 0. The van der Waals surface area contributed by atoms with E-state index in [0.717, 1.165) is 19.6 Å². The van der Waals surface area contributed by atoms with E-state index in [1.165, 1.54) is 0 Å². The van der Waals surface area contributed by atoms with Crippen molar-refractivity contribution in [1.29, 1.82) is 0 Å². The molecule has 1 saturated heterocycles. The second kappa shape index (κ2) is 5.66. The van der Waals surface area contributed by atoms with Gasteiger partial charge >= 0.3 is 5.69 Å². The average Bonchev–Trinajstić information content (AvgIpc) is 2.37. The first-order valence-corrected chi connectivity index (χ1v) is 6.56. The van der Waals surface area contributed by atoms with Crippen LogP contribution in [0.15, 0.2) is 0 Å². The summed E-state index contributed by atoms with van der Waals surface area (Å²) in [5, 5.41) is 11.2. The summed E-state index contributed by atoms with van der Waals surface area (Å²) in [7, 11) is 0. The quantitative estimate of drug-likeness (QED) is 0.476. The molecule has 0 saturated carbocycles. The molecule has 19 heavy (non-hydrogen) atoms. The molecule has 0 atom stereocenters. The number of piperazine rings is 1. The molecule has 0 N–H and O–H groups in total. The summed E-state index contributed by atoms with van der Waals surface area (Å²) in [6.45, 7) is 7.83. The van der Waals surface area contributed by atoms with Gasteiger partial charge in [0.2, 0.25) is 11.1 Å². The molecule has 0 aliphatic carbocycles. The average molecular weight is 286 g/mol. The number of aromatic nitrogens is 2. The molecule has 1 aliphatic heterocycles. The number of halogens is 1. The summed E-state index contributed by atoms with van der Waals surface area (Å²) in [6.07, 6.45) is 0. The fourth-order valence-corrected chi connectivity index (χ4v) is 2.44. The van der Waals surface area contributed by atoms with Gasteiger partial charge in [0.25, 0.3) is 0 Å². The molecule has 1 aliphatic rings. The van der Waals surface area contributed by atoms with Crippen molar-refractivity contribution in [3.05, 3.63) is 21.1 Å². The van der Waals surface area contributed by atoms with Gasteiger partial charge in [-0.05, 0) is 25.1 Å². The first kappa shape index (κ1) is 14.0. The van der Waals surface area contributed by atoms with E-state index in [1.807, 2.05) is 4.90 Å². The Morgan fingerprint density at radius 2 is 1.95 bits per heavy atom. The zero-order valence-corrected chi connectivity index (χ0v) is 11.7. The first-order valence-electron chi connectivity index (χ1n) is 6.18. The molecule has 2 heterocycles. The fraction of sp³-hybridized carbons (Fsp3) is 0.636. The van der Waals surface area contributed by atoms with E-state index in [2.05, 4.69) is 21.8 Å². The van der Waals surface area contributed by atoms with E-state index in [0.29, 0.717) is 24.6 Å². The Morgan fingerprint density at radius 1 is 1.32 bits per heavy atom. The lowest BCUT2D eigenvalue weighted by Crippen LogP contribution is -2.46. The van der Waals surface area contributed by atoms with Gasteiger partial charge in [0.15, 0.2) is 0 Å². The molecular formula is C11H16ClN5O2. The molecule has 0 bridgehead atoms. The summed E-state index contributed by atoms with van der Waals surface area (Å²) in [4.78, 5) is 22.8. The Kier molecular flexibility index (Phi) is 4.16. The van der Waals surface area contributed by atoms with Gasteiger partial charge in [-0.2, -0.15) is 4.98 Å². The third kappa shape index (κ3) is 2.93. The third-order valence-corrected chi connectivity index (χ3v) is 3.48. The van der Waals surface area contributed by atoms with E-state index >= 15 is 0 Å². The van der Waals surface area contributed by atoms with Gasteiger partial charge in [-0.3, -0.25) is 10.1 Å². The van der Waals surface area contributed by atoms with Gasteiger partial charge in [-0.1, -0.05) is 6.92 Å². The second-order valence-corrected chi connectivity index (χ2v) is 4.77. The number of aryl methyl sites for hydroxylation is 1. The number of nitro groups is 1. The molecule has 0 spiro atoms. The van der Waals surface area contributed by atoms with Gasteiger partial charge < -0.3 is 9.80 Å². The van der Waals surface area contributed by atoms with Crippen LogP contribution in [-0.4, -0.2) is 52.5 Å². The highest BCUT2D eigenvalue weighted by Gasteiger charge is 2.28. The molecule has 8 heteroatoms. The van der Waals surface area contributed by atoms with Crippen LogP contribution in [0.25, 0.3) is 0 Å². The van der Waals surface area contributed by atoms with Crippen molar-refractivity contribution in [3.63, 3.8) is 0 Å². The van der Waals surface area contributed by atoms with Gasteiger partial charge in [0.05, 0.1) is 4.92 Å². The van der Waals surface area contributed by atoms with Crippen LogP contribution < -0.4 is 4.90 Å². The first-order chi connectivity index (χ1) is 9.02. The van der Waals surface area contributed by atoms with Crippen LogP contribution in [0.5, 0.6) is 0 Å². The molecule has 0 unspecified atom stereocenters. The largest absolute Gasteiger partial charge is 0.348 e. The van der Waals surface area contributed by atoms with Crippen LogP contribution in [0.3, 0.4) is 0 Å². The second-order valence-electron chi connectivity index (χ2n) is 4.43. The van der Waals surface area contributed by atoms with Crippen molar-refractivity contribution in [2.24, 2.45) is 0 Å². The summed E-state index contributed by atoms with van der Waals surface area (Å²) in [6, 6.07) is 0. The van der Waals surface area contributed by atoms with Crippen LogP contribution in [0, 0.1) is 17.0 Å². The lowest BCUT2D eigenvalue weighted by molar-refractivity contribution is -0.385. The monoisotopic (exact) mass is 285 g/mol. The predicted octanol–water partition coefficient (Wildman–Crippen LogP) is 1.49. The number of rotatable bonds is 3. The minimum Gasteiger partial charge on any atom is -0.348 e. The number of hydrogen-bond acceptors (Lipinski definition) is 6. The zero-order chi connectivity index (χ0) is 14.0. The molecule has 2 rings (SSSR count). The van der Waals surface area contributed by atoms with Gasteiger partial charge in [0.1, 0.15) is 5.69 Å². The van der Waals surface area contributed by atoms with Gasteiger partial charge in [0, 0.05) is 26.2 Å². The molecule has 1 aromatic rings. The zero-order valence-electron chi connectivity index (χ0n) is 11.0. The minimum absolute atomic E-state index is 0.0469. The SMILES string of the molecule is CCN1CCN(c2nc(Cl)nc(C)c2[N+](=O)[O-])CC1. The summed E-state index contributed by atoms with van der Waals surface area (Å²) < 4.78 is 0. The van der Waals surface area contributed by atoms with Crippen LogP contribution in [-0.2, 0) is 0 Å². The van der Waals surface area contributed by atoms with Crippen LogP contribution in [0.1, 0.15) is 12.6 Å². The van der Waals surface area contributed by atoms with Crippen molar-refractivity contribution in [2.45, 2.75) is 13.8 Å². The third-order valence-electron chi connectivity index (χ3n) is 3.31. The normalized spacial score (nSPS) is 16.7. The summed E-state index contributed by atoms with van der Waals surface area (Å²) in [5.41, 5.74) is 0.257. The number of nitrogens with zero attached hydrogens (tertiary/aromatic N) is 5.